The first-order valence-electron chi connectivity index (χ1n) is 9.31. The van der Waals surface area contributed by atoms with Crippen molar-refractivity contribution in [3.63, 3.8) is 0 Å². The summed E-state index contributed by atoms with van der Waals surface area (Å²) in [6.45, 7) is 5.70. The van der Waals surface area contributed by atoms with Crippen LogP contribution in [0.4, 0.5) is 0 Å². The molecule has 2 fully saturated rings. The van der Waals surface area contributed by atoms with Gasteiger partial charge in [0.05, 0.1) is 7.11 Å². The summed E-state index contributed by atoms with van der Waals surface area (Å²) < 4.78 is 5.30. The van der Waals surface area contributed by atoms with Gasteiger partial charge in [0.1, 0.15) is 5.75 Å². The Bertz CT molecular complexity index is 744. The number of amides is 1. The SMILES string of the molecule is COc1ccc([C@H]2CN(C(C)=O)[C@@H]3CCN(Cc4cccs4)C[C@H]23)cc1. The van der Waals surface area contributed by atoms with Crippen LogP contribution in [0.25, 0.3) is 0 Å². The van der Waals surface area contributed by atoms with Gasteiger partial charge in [-0.25, -0.2) is 0 Å². The van der Waals surface area contributed by atoms with Crippen LogP contribution in [0.5, 0.6) is 5.75 Å². The van der Waals surface area contributed by atoms with Crippen molar-refractivity contribution in [3.8, 4) is 5.75 Å². The maximum atomic E-state index is 12.2. The van der Waals surface area contributed by atoms with Gasteiger partial charge >= 0.3 is 0 Å². The molecule has 0 spiro atoms. The van der Waals surface area contributed by atoms with Gasteiger partial charge in [-0.3, -0.25) is 9.69 Å². The van der Waals surface area contributed by atoms with E-state index < -0.39 is 0 Å². The van der Waals surface area contributed by atoms with Crippen LogP contribution < -0.4 is 4.74 Å². The molecule has 2 aromatic rings. The lowest BCUT2D eigenvalue weighted by molar-refractivity contribution is -0.130. The first-order chi connectivity index (χ1) is 12.7. The lowest BCUT2D eigenvalue weighted by Crippen LogP contribution is -2.47. The summed E-state index contributed by atoms with van der Waals surface area (Å²) in [6.07, 6.45) is 1.07. The highest BCUT2D eigenvalue weighted by molar-refractivity contribution is 7.09. The summed E-state index contributed by atoms with van der Waals surface area (Å²) in [4.78, 5) is 18.3. The molecule has 2 aliphatic heterocycles. The van der Waals surface area contributed by atoms with Gasteiger partial charge in [0.2, 0.25) is 5.91 Å². The Labute approximate surface area is 159 Å². The maximum absolute atomic E-state index is 12.2. The molecule has 3 heterocycles. The number of hydrogen-bond acceptors (Lipinski definition) is 4. The summed E-state index contributed by atoms with van der Waals surface area (Å²) >= 11 is 1.83. The quantitative estimate of drug-likeness (QED) is 0.824. The van der Waals surface area contributed by atoms with E-state index in [1.165, 1.54) is 10.4 Å². The molecule has 1 aromatic carbocycles. The molecule has 4 nitrogen and oxygen atoms in total. The maximum Gasteiger partial charge on any atom is 0.219 e. The predicted octanol–water partition coefficient (Wildman–Crippen LogP) is 3.59. The minimum absolute atomic E-state index is 0.211. The number of fused-ring (bicyclic) bond motifs is 1. The molecule has 4 rings (SSSR count). The van der Waals surface area contributed by atoms with E-state index in [2.05, 4.69) is 39.4 Å². The lowest BCUT2D eigenvalue weighted by atomic mass is 9.82. The van der Waals surface area contributed by atoms with Gasteiger partial charge in [0.15, 0.2) is 0 Å². The Morgan fingerprint density at radius 1 is 1.23 bits per heavy atom. The molecule has 2 saturated heterocycles. The average molecular weight is 371 g/mol. The number of carbonyl (C=O) groups excluding carboxylic acids is 1. The third kappa shape index (κ3) is 3.38. The zero-order valence-electron chi connectivity index (χ0n) is 15.4. The number of ether oxygens (including phenoxy) is 1. The van der Waals surface area contributed by atoms with Crippen molar-refractivity contribution in [2.45, 2.75) is 31.8 Å². The van der Waals surface area contributed by atoms with Gasteiger partial charge < -0.3 is 9.64 Å². The van der Waals surface area contributed by atoms with Gasteiger partial charge in [-0.05, 0) is 35.6 Å². The van der Waals surface area contributed by atoms with Crippen LogP contribution in [0.2, 0.25) is 0 Å². The summed E-state index contributed by atoms with van der Waals surface area (Å²) in [5.74, 6) is 2.00. The molecule has 2 aliphatic rings. The Morgan fingerprint density at radius 3 is 2.69 bits per heavy atom. The van der Waals surface area contributed by atoms with Crippen molar-refractivity contribution in [2.75, 3.05) is 26.7 Å². The fraction of sp³-hybridized carbons (Fsp3) is 0.476. The third-order valence-corrected chi connectivity index (χ3v) is 6.78. The summed E-state index contributed by atoms with van der Waals surface area (Å²) in [6, 6.07) is 13.1. The van der Waals surface area contributed by atoms with Crippen LogP contribution >= 0.6 is 11.3 Å². The molecule has 1 amide bonds. The Kier molecular flexibility index (Phi) is 5.00. The fourth-order valence-electron chi connectivity index (χ4n) is 4.64. The van der Waals surface area contributed by atoms with Crippen molar-refractivity contribution in [1.82, 2.24) is 9.80 Å². The number of thiophene rings is 1. The second-order valence-electron chi connectivity index (χ2n) is 7.39. The van der Waals surface area contributed by atoms with Crippen LogP contribution in [0, 0.1) is 5.92 Å². The van der Waals surface area contributed by atoms with Crippen LogP contribution in [-0.4, -0.2) is 48.5 Å². The molecule has 0 aliphatic carbocycles. The van der Waals surface area contributed by atoms with E-state index in [4.69, 9.17) is 4.74 Å². The number of nitrogens with zero attached hydrogens (tertiary/aromatic N) is 2. The highest BCUT2D eigenvalue weighted by Crippen LogP contribution is 2.42. The molecular weight excluding hydrogens is 344 g/mol. The number of hydrogen-bond donors (Lipinski definition) is 0. The number of likely N-dealkylation sites (tertiary alicyclic amines) is 2. The van der Waals surface area contributed by atoms with Gasteiger partial charge in [-0.2, -0.15) is 0 Å². The topological polar surface area (TPSA) is 32.8 Å². The Balaban J connectivity index is 1.55. The largest absolute Gasteiger partial charge is 0.497 e. The van der Waals surface area contributed by atoms with Crippen LogP contribution in [-0.2, 0) is 11.3 Å². The van der Waals surface area contributed by atoms with Gasteiger partial charge in [0, 0.05) is 55.9 Å². The van der Waals surface area contributed by atoms with E-state index in [1.807, 2.05) is 23.5 Å². The third-order valence-electron chi connectivity index (χ3n) is 5.92. The van der Waals surface area contributed by atoms with Gasteiger partial charge in [-0.15, -0.1) is 11.3 Å². The normalized spacial score (nSPS) is 25.9. The van der Waals surface area contributed by atoms with E-state index in [9.17, 15) is 4.79 Å². The second-order valence-corrected chi connectivity index (χ2v) is 8.42. The zero-order valence-corrected chi connectivity index (χ0v) is 16.2. The summed E-state index contributed by atoms with van der Waals surface area (Å²) in [5, 5.41) is 2.15. The molecule has 138 valence electrons. The molecule has 0 radical (unpaired) electrons. The van der Waals surface area contributed by atoms with Crippen molar-refractivity contribution < 1.29 is 9.53 Å². The predicted molar refractivity (Wildman–Crippen MR) is 105 cm³/mol. The van der Waals surface area contributed by atoms with E-state index in [0.29, 0.717) is 17.9 Å². The van der Waals surface area contributed by atoms with E-state index >= 15 is 0 Å². The van der Waals surface area contributed by atoms with Crippen molar-refractivity contribution >= 4 is 17.2 Å². The summed E-state index contributed by atoms with van der Waals surface area (Å²) in [5.41, 5.74) is 1.32. The van der Waals surface area contributed by atoms with Crippen LogP contribution in [0.15, 0.2) is 41.8 Å². The molecule has 0 saturated carbocycles. The van der Waals surface area contributed by atoms with E-state index in [-0.39, 0.29) is 5.91 Å². The minimum atomic E-state index is 0.211. The molecule has 5 heteroatoms. The second kappa shape index (κ2) is 7.41. The van der Waals surface area contributed by atoms with Gasteiger partial charge in [0.25, 0.3) is 0 Å². The van der Waals surface area contributed by atoms with Crippen molar-refractivity contribution in [2.24, 2.45) is 5.92 Å². The zero-order chi connectivity index (χ0) is 18.1. The monoisotopic (exact) mass is 370 g/mol. The molecular formula is C21H26N2O2S. The number of methoxy groups -OCH3 is 1. The van der Waals surface area contributed by atoms with Crippen LogP contribution in [0.3, 0.4) is 0 Å². The number of benzene rings is 1. The number of carbonyl (C=O) groups is 1. The molecule has 1 aromatic heterocycles. The standard InChI is InChI=1S/C21H26N2O2S/c1-15(24)23-14-19(16-5-7-17(25-2)8-6-16)20-13-22(10-9-21(20)23)12-18-4-3-11-26-18/h3-8,11,19-21H,9-10,12-14H2,1-2H3/t19-,20-,21-/m1/s1. The van der Waals surface area contributed by atoms with Crippen molar-refractivity contribution in [3.05, 3.63) is 52.2 Å². The fourth-order valence-corrected chi connectivity index (χ4v) is 5.38. The molecule has 0 unspecified atom stereocenters. The van der Waals surface area contributed by atoms with E-state index in [0.717, 1.165) is 38.3 Å². The van der Waals surface area contributed by atoms with Crippen LogP contribution in [0.1, 0.15) is 29.7 Å². The highest BCUT2D eigenvalue weighted by Gasteiger charge is 2.46. The number of rotatable bonds is 4. The number of piperidine rings is 1. The molecule has 26 heavy (non-hydrogen) atoms. The Hall–Kier alpha value is -1.85. The molecule has 0 N–H and O–H groups in total. The molecule has 3 atom stereocenters. The Morgan fingerprint density at radius 2 is 2.04 bits per heavy atom. The van der Waals surface area contributed by atoms with E-state index in [1.54, 1.807) is 14.0 Å². The first kappa shape index (κ1) is 17.6. The smallest absolute Gasteiger partial charge is 0.219 e. The minimum Gasteiger partial charge on any atom is -0.497 e. The van der Waals surface area contributed by atoms with Gasteiger partial charge in [-0.1, -0.05) is 18.2 Å². The average Bonchev–Trinajstić information content (AvgIpc) is 3.29. The van der Waals surface area contributed by atoms with Crippen molar-refractivity contribution in [1.29, 1.82) is 0 Å². The molecule has 0 bridgehead atoms. The summed E-state index contributed by atoms with van der Waals surface area (Å²) in [7, 11) is 1.70. The highest BCUT2D eigenvalue weighted by atomic mass is 32.1. The lowest BCUT2D eigenvalue weighted by Gasteiger charge is -2.38. The first-order valence-corrected chi connectivity index (χ1v) is 10.2.